The number of nitrogens with one attached hydrogen (secondary N) is 2. The zero-order chi connectivity index (χ0) is 23.1. The second kappa shape index (κ2) is 8.44. The zero-order valence-electron chi connectivity index (χ0n) is 18.4. The fraction of sp³-hybridized carbons (Fsp3) is 0.458. The minimum atomic E-state index is -4.33. The summed E-state index contributed by atoms with van der Waals surface area (Å²) in [5.41, 5.74) is 1.17. The van der Waals surface area contributed by atoms with Crippen LogP contribution >= 0.6 is 0 Å². The van der Waals surface area contributed by atoms with Gasteiger partial charge in [-0.15, -0.1) is 5.10 Å². The molecule has 4 aromatic rings. The molecule has 3 aromatic heterocycles. The number of alkyl halides is 3. The lowest BCUT2D eigenvalue weighted by Gasteiger charge is -2.34. The van der Waals surface area contributed by atoms with Crippen molar-refractivity contribution in [2.75, 3.05) is 13.1 Å². The quantitative estimate of drug-likeness (QED) is 0.429. The van der Waals surface area contributed by atoms with Gasteiger partial charge in [0.05, 0.1) is 5.69 Å². The van der Waals surface area contributed by atoms with Gasteiger partial charge in [0.15, 0.2) is 0 Å². The Labute approximate surface area is 189 Å². The van der Waals surface area contributed by atoms with Crippen LogP contribution in [0.5, 0.6) is 0 Å². The van der Waals surface area contributed by atoms with Crippen molar-refractivity contribution in [1.82, 2.24) is 30.1 Å². The number of halogens is 3. The molecule has 174 valence electrons. The van der Waals surface area contributed by atoms with E-state index in [0.717, 1.165) is 47.9 Å². The second-order valence-corrected chi connectivity index (χ2v) is 9.30. The van der Waals surface area contributed by atoms with Crippen LogP contribution in [0.1, 0.15) is 49.8 Å². The van der Waals surface area contributed by atoms with Gasteiger partial charge in [-0.3, -0.25) is 0 Å². The summed E-state index contributed by atoms with van der Waals surface area (Å²) in [5.74, 6) is 0.647. The Morgan fingerprint density at radius 3 is 2.58 bits per heavy atom. The largest absolute Gasteiger partial charge is 0.399 e. The monoisotopic (exact) mass is 456 g/mol. The third-order valence-corrected chi connectivity index (χ3v) is 7.18. The molecular weight excluding hydrogens is 429 g/mol. The Hall–Kier alpha value is -2.94. The van der Waals surface area contributed by atoms with Crippen LogP contribution < -0.4 is 5.32 Å². The molecule has 0 spiro atoms. The van der Waals surface area contributed by atoms with Gasteiger partial charge < -0.3 is 10.3 Å². The summed E-state index contributed by atoms with van der Waals surface area (Å²) in [6.07, 6.45) is 3.00. The minimum Gasteiger partial charge on any atom is -0.346 e. The normalized spacial score (nSPS) is 21.5. The minimum absolute atomic E-state index is 0.130. The van der Waals surface area contributed by atoms with Crippen molar-refractivity contribution in [3.05, 3.63) is 60.2 Å². The number of benzene rings is 1. The van der Waals surface area contributed by atoms with Crippen molar-refractivity contribution in [3.63, 3.8) is 0 Å². The lowest BCUT2D eigenvalue weighted by Crippen LogP contribution is -2.48. The smallest absolute Gasteiger partial charge is 0.346 e. The van der Waals surface area contributed by atoms with E-state index in [1.807, 2.05) is 12.3 Å². The topological polar surface area (TPSA) is 70.9 Å². The molecule has 0 saturated heterocycles. The molecule has 1 aliphatic carbocycles. The fourth-order valence-electron chi connectivity index (χ4n) is 5.03. The summed E-state index contributed by atoms with van der Waals surface area (Å²) in [6.45, 7) is 1.73. The van der Waals surface area contributed by atoms with Gasteiger partial charge >= 0.3 is 6.18 Å². The van der Waals surface area contributed by atoms with E-state index in [0.29, 0.717) is 23.9 Å². The molecule has 2 N–H and O–H groups in total. The van der Waals surface area contributed by atoms with Gasteiger partial charge in [-0.05, 0) is 56.7 Å². The molecule has 0 amide bonds. The van der Waals surface area contributed by atoms with Crippen LogP contribution in [0.15, 0.2) is 48.9 Å². The summed E-state index contributed by atoms with van der Waals surface area (Å²) >= 11 is 0. The molecule has 0 bridgehead atoms. The summed E-state index contributed by atoms with van der Waals surface area (Å²) in [7, 11) is 0. The van der Waals surface area contributed by atoms with Crippen molar-refractivity contribution < 1.29 is 13.2 Å². The van der Waals surface area contributed by atoms with Gasteiger partial charge in [-0.25, -0.2) is 9.50 Å². The number of hydrogen-bond donors (Lipinski definition) is 2. The number of H-pyrrole nitrogens is 1. The Morgan fingerprint density at radius 1 is 1.09 bits per heavy atom. The Kier molecular flexibility index (Phi) is 5.60. The van der Waals surface area contributed by atoms with E-state index >= 15 is 0 Å². The molecule has 5 rings (SSSR count). The average molecular weight is 457 g/mol. The van der Waals surface area contributed by atoms with Crippen LogP contribution in [0.2, 0.25) is 0 Å². The maximum absolute atomic E-state index is 13.9. The maximum Gasteiger partial charge on any atom is 0.399 e. The van der Waals surface area contributed by atoms with Gasteiger partial charge in [0.2, 0.25) is 0 Å². The fourth-order valence-corrected chi connectivity index (χ4v) is 5.03. The van der Waals surface area contributed by atoms with Crippen LogP contribution in [0.3, 0.4) is 0 Å². The SMILES string of the molecule is CC(CNCC1CCC(c2nnn3cnc4[nH]ccc4c23)CC1)(c1ccccc1)C(F)(F)F. The van der Waals surface area contributed by atoms with Crippen molar-refractivity contribution in [2.45, 2.75) is 50.1 Å². The molecule has 1 unspecified atom stereocenters. The predicted octanol–water partition coefficient (Wildman–Crippen LogP) is 4.99. The Bertz CT molecular complexity index is 1220. The van der Waals surface area contributed by atoms with E-state index in [4.69, 9.17) is 0 Å². The third-order valence-electron chi connectivity index (χ3n) is 7.18. The van der Waals surface area contributed by atoms with Gasteiger partial charge in [-0.1, -0.05) is 35.5 Å². The molecule has 3 heterocycles. The number of aromatic amines is 1. The maximum atomic E-state index is 13.9. The van der Waals surface area contributed by atoms with Crippen molar-refractivity contribution >= 4 is 16.6 Å². The molecular formula is C24H27F3N6. The highest BCUT2D eigenvalue weighted by Gasteiger charge is 2.51. The van der Waals surface area contributed by atoms with Crippen molar-refractivity contribution in [2.24, 2.45) is 5.92 Å². The molecule has 1 fully saturated rings. The number of fused-ring (bicyclic) bond motifs is 3. The first-order chi connectivity index (χ1) is 15.9. The lowest BCUT2D eigenvalue weighted by molar-refractivity contribution is -0.184. The molecule has 1 aliphatic rings. The zero-order valence-corrected chi connectivity index (χ0v) is 18.4. The van der Waals surface area contributed by atoms with Crippen LogP contribution in [0, 0.1) is 5.92 Å². The van der Waals surface area contributed by atoms with Crippen molar-refractivity contribution in [1.29, 1.82) is 0 Å². The molecule has 0 aliphatic heterocycles. The van der Waals surface area contributed by atoms with Crippen LogP contribution in [-0.2, 0) is 5.41 Å². The Morgan fingerprint density at radius 2 is 1.85 bits per heavy atom. The molecule has 1 atom stereocenters. The van der Waals surface area contributed by atoms with E-state index < -0.39 is 11.6 Å². The molecule has 33 heavy (non-hydrogen) atoms. The number of aromatic nitrogens is 5. The second-order valence-electron chi connectivity index (χ2n) is 9.30. The van der Waals surface area contributed by atoms with Crippen LogP contribution in [-0.4, -0.2) is 44.1 Å². The van der Waals surface area contributed by atoms with E-state index in [1.54, 1.807) is 41.2 Å². The summed E-state index contributed by atoms with van der Waals surface area (Å²) in [5, 5.41) is 12.8. The third kappa shape index (κ3) is 3.99. The number of nitrogens with zero attached hydrogens (tertiary/aromatic N) is 4. The number of rotatable bonds is 6. The van der Waals surface area contributed by atoms with E-state index in [2.05, 4.69) is 25.6 Å². The number of hydrogen-bond acceptors (Lipinski definition) is 4. The highest BCUT2D eigenvalue weighted by Crippen LogP contribution is 2.41. The molecule has 9 heteroatoms. The first-order valence-corrected chi connectivity index (χ1v) is 11.4. The van der Waals surface area contributed by atoms with E-state index in [1.165, 1.54) is 6.92 Å². The van der Waals surface area contributed by atoms with Gasteiger partial charge in [0.1, 0.15) is 22.9 Å². The molecule has 1 saturated carbocycles. The van der Waals surface area contributed by atoms with E-state index in [9.17, 15) is 13.2 Å². The van der Waals surface area contributed by atoms with Crippen LogP contribution in [0.25, 0.3) is 16.6 Å². The lowest BCUT2D eigenvalue weighted by atomic mass is 9.79. The summed E-state index contributed by atoms with van der Waals surface area (Å²) in [4.78, 5) is 7.48. The summed E-state index contributed by atoms with van der Waals surface area (Å²) < 4.78 is 43.5. The van der Waals surface area contributed by atoms with Gasteiger partial charge in [0, 0.05) is 24.0 Å². The highest BCUT2D eigenvalue weighted by atomic mass is 19.4. The van der Waals surface area contributed by atoms with Crippen molar-refractivity contribution in [3.8, 4) is 0 Å². The highest BCUT2D eigenvalue weighted by molar-refractivity contribution is 5.92. The molecule has 1 aromatic carbocycles. The van der Waals surface area contributed by atoms with E-state index in [-0.39, 0.29) is 6.54 Å². The van der Waals surface area contributed by atoms with Gasteiger partial charge in [0.25, 0.3) is 0 Å². The first-order valence-electron chi connectivity index (χ1n) is 11.4. The standard InChI is InChI=1S/C24H27F3N6/c1-23(24(25,26)27,18-5-3-2-4-6-18)14-28-13-16-7-9-17(10-8-16)20-21-19-11-12-29-22(19)30-15-33(21)32-31-20/h2-6,11-12,15-17,28-29H,7-10,13-14H2,1H3. The Balaban J connectivity index is 1.22. The summed E-state index contributed by atoms with van der Waals surface area (Å²) in [6, 6.07) is 10.2. The molecule has 6 nitrogen and oxygen atoms in total. The van der Waals surface area contributed by atoms with Crippen LogP contribution in [0.4, 0.5) is 13.2 Å². The average Bonchev–Trinajstić information content (AvgIpc) is 3.46. The first kappa shape index (κ1) is 21.9. The predicted molar refractivity (Wildman–Crippen MR) is 120 cm³/mol. The molecule has 0 radical (unpaired) electrons. The van der Waals surface area contributed by atoms with Gasteiger partial charge in [-0.2, -0.15) is 13.2 Å².